The van der Waals surface area contributed by atoms with Crippen molar-refractivity contribution in [1.29, 1.82) is 0 Å². The first-order chi connectivity index (χ1) is 19.9. The van der Waals surface area contributed by atoms with E-state index in [0.29, 0.717) is 34.1 Å². The number of ether oxygens (including phenoxy) is 1. The van der Waals surface area contributed by atoms with Gasteiger partial charge in [0.05, 0.1) is 41.9 Å². The summed E-state index contributed by atoms with van der Waals surface area (Å²) in [6, 6.07) is 3.77. The van der Waals surface area contributed by atoms with Crippen molar-refractivity contribution < 1.29 is 54.5 Å². The number of aryl methyl sites for hydroxylation is 1. The van der Waals surface area contributed by atoms with E-state index < -0.39 is 75.6 Å². The van der Waals surface area contributed by atoms with Crippen molar-refractivity contribution in [3.8, 4) is 17.0 Å². The van der Waals surface area contributed by atoms with Crippen LogP contribution in [0.25, 0.3) is 16.9 Å². The maximum atomic E-state index is 13.8. The summed E-state index contributed by atoms with van der Waals surface area (Å²) in [4.78, 5) is 20.5. The third-order valence-electron chi connectivity index (χ3n) is 5.73. The van der Waals surface area contributed by atoms with Gasteiger partial charge in [-0.15, -0.1) is 0 Å². The zero-order valence-corrected chi connectivity index (χ0v) is 23.4. The summed E-state index contributed by atoms with van der Waals surface area (Å²) < 4.78 is 113. The smallest absolute Gasteiger partial charge is 0.404 e. The Hall–Kier alpha value is -3.85. The molecule has 4 rings (SSSR count). The Kier molecular flexibility index (Phi) is 8.46. The molecule has 0 bridgehead atoms. The van der Waals surface area contributed by atoms with Gasteiger partial charge in [-0.2, -0.15) is 36.2 Å². The number of anilines is 1. The van der Waals surface area contributed by atoms with Gasteiger partial charge in [0.2, 0.25) is 0 Å². The average Bonchev–Trinajstić information content (AvgIpc) is 3.49. The van der Waals surface area contributed by atoms with Crippen LogP contribution in [0.5, 0.6) is 5.75 Å². The highest BCUT2D eigenvalue weighted by molar-refractivity contribution is 7.91. The van der Waals surface area contributed by atoms with E-state index in [0.717, 1.165) is 18.3 Å². The molecule has 0 aliphatic heterocycles. The van der Waals surface area contributed by atoms with Gasteiger partial charge in [0, 0.05) is 5.56 Å². The minimum absolute atomic E-state index is 0.0697. The predicted molar refractivity (Wildman–Crippen MR) is 138 cm³/mol. The summed E-state index contributed by atoms with van der Waals surface area (Å²) >= 11 is 0.479. The average molecular weight is 655 g/mol. The number of fused-ring (bicyclic) bond motifs is 1. The first kappa shape index (κ1) is 32.1. The van der Waals surface area contributed by atoms with Crippen LogP contribution in [0.2, 0.25) is 0 Å². The monoisotopic (exact) mass is 654 g/mol. The number of nitrogens with one attached hydrogen (secondary N) is 2. The van der Waals surface area contributed by atoms with Crippen molar-refractivity contribution in [3.63, 3.8) is 0 Å². The van der Waals surface area contributed by atoms with Crippen LogP contribution in [0.1, 0.15) is 23.9 Å². The number of thiazole rings is 1. The number of hydrogen-bond acceptors (Lipinski definition) is 10. The first-order valence-corrected chi connectivity index (χ1v) is 14.0. The lowest BCUT2D eigenvalue weighted by atomic mass is 10.1. The summed E-state index contributed by atoms with van der Waals surface area (Å²) in [6.07, 6.45) is -10.2. The van der Waals surface area contributed by atoms with Crippen LogP contribution in [-0.4, -0.2) is 63.1 Å². The van der Waals surface area contributed by atoms with E-state index >= 15 is 0 Å². The molecular formula is C23H20F6N6O6S2. The van der Waals surface area contributed by atoms with Crippen LogP contribution < -0.4 is 14.8 Å². The Balaban J connectivity index is 1.63. The number of aromatic nitrogens is 4. The lowest BCUT2D eigenvalue weighted by Gasteiger charge is -2.25. The molecule has 3 aromatic heterocycles. The van der Waals surface area contributed by atoms with Gasteiger partial charge in [0.25, 0.3) is 10.0 Å². The van der Waals surface area contributed by atoms with E-state index in [9.17, 15) is 49.8 Å². The Morgan fingerprint density at radius 3 is 2.23 bits per heavy atom. The second kappa shape index (κ2) is 11.3. The van der Waals surface area contributed by atoms with Gasteiger partial charge in [-0.1, -0.05) is 23.5 Å². The topological polar surface area (TPSA) is 168 Å². The van der Waals surface area contributed by atoms with Gasteiger partial charge >= 0.3 is 18.4 Å². The SMILES string of the molecule is Cc1nc(NC(=O)Oc2cnn3c(C(F)(F)F)cc(-c4ccc(C(F)(F)F)cc4)nc23)sc1S(=O)(=O)NC(C)(CO)CO. The number of hydrogen-bond donors (Lipinski definition) is 4. The molecule has 12 nitrogen and oxygen atoms in total. The van der Waals surface area contributed by atoms with Crippen LogP contribution in [0.15, 0.2) is 40.7 Å². The molecular weight excluding hydrogens is 634 g/mol. The van der Waals surface area contributed by atoms with E-state index in [1.165, 1.54) is 13.8 Å². The van der Waals surface area contributed by atoms with Crippen LogP contribution in [-0.2, 0) is 22.4 Å². The molecule has 4 aromatic rings. The van der Waals surface area contributed by atoms with Crippen LogP contribution in [0, 0.1) is 6.92 Å². The highest BCUT2D eigenvalue weighted by Gasteiger charge is 2.37. The quantitative estimate of drug-likeness (QED) is 0.207. The summed E-state index contributed by atoms with van der Waals surface area (Å²) in [7, 11) is -4.33. The van der Waals surface area contributed by atoms with E-state index in [4.69, 9.17) is 4.74 Å². The molecule has 232 valence electrons. The number of aliphatic hydroxyl groups is 2. The third-order valence-corrected chi connectivity index (χ3v) is 9.05. The molecule has 0 saturated carbocycles. The number of carbonyl (C=O) groups is 1. The summed E-state index contributed by atoms with van der Waals surface area (Å²) in [6.45, 7) is 1.08. The standard InChI is InChI=1S/C23H20F6N6O6S2/c1-11-18(43(39,40)34-21(2,9-36)10-37)42-19(31-11)33-20(38)41-15-8-30-35-16(23(27,28)29)7-14(32-17(15)35)12-3-5-13(6-4-12)22(24,25)26/h3-8,34,36-37H,9-10H2,1-2H3,(H,31,33,38). The van der Waals surface area contributed by atoms with Crippen molar-refractivity contribution in [2.75, 3.05) is 18.5 Å². The predicted octanol–water partition coefficient (Wildman–Crippen LogP) is 3.83. The number of nitrogens with zero attached hydrogens (tertiary/aromatic N) is 4. The number of rotatable bonds is 8. The van der Waals surface area contributed by atoms with Gasteiger partial charge in [0.15, 0.2) is 26.4 Å². The molecule has 0 radical (unpaired) electrons. The van der Waals surface area contributed by atoms with Gasteiger partial charge in [0.1, 0.15) is 0 Å². The van der Waals surface area contributed by atoms with Crippen LogP contribution >= 0.6 is 11.3 Å². The molecule has 20 heteroatoms. The molecule has 0 aliphatic carbocycles. The minimum Gasteiger partial charge on any atom is -0.404 e. The number of benzene rings is 1. The largest absolute Gasteiger partial charge is 0.433 e. The number of amides is 1. The highest BCUT2D eigenvalue weighted by Crippen LogP contribution is 2.36. The molecule has 0 unspecified atom stereocenters. The number of sulfonamides is 1. The molecule has 0 atom stereocenters. The maximum Gasteiger partial charge on any atom is 0.433 e. The van der Waals surface area contributed by atoms with Crippen molar-refractivity contribution in [2.45, 2.75) is 35.9 Å². The second-order valence-electron chi connectivity index (χ2n) is 9.23. The van der Waals surface area contributed by atoms with Crippen molar-refractivity contribution in [3.05, 3.63) is 53.5 Å². The van der Waals surface area contributed by atoms with E-state index in [1.807, 2.05) is 0 Å². The van der Waals surface area contributed by atoms with Crippen molar-refractivity contribution >= 4 is 38.2 Å². The van der Waals surface area contributed by atoms with Gasteiger partial charge in [-0.3, -0.25) is 5.32 Å². The molecule has 4 N–H and O–H groups in total. The molecule has 3 heterocycles. The molecule has 0 saturated heterocycles. The molecule has 43 heavy (non-hydrogen) atoms. The highest BCUT2D eigenvalue weighted by atomic mass is 32.2. The number of aliphatic hydroxyl groups excluding tert-OH is 2. The van der Waals surface area contributed by atoms with E-state index in [1.54, 1.807) is 0 Å². The fourth-order valence-corrected chi connectivity index (χ4v) is 6.37. The lowest BCUT2D eigenvalue weighted by Crippen LogP contribution is -2.51. The number of halogens is 6. The summed E-state index contributed by atoms with van der Waals surface area (Å²) in [5.74, 6) is -0.568. The molecule has 1 aromatic carbocycles. The molecule has 0 spiro atoms. The first-order valence-electron chi connectivity index (χ1n) is 11.7. The second-order valence-corrected chi connectivity index (χ2v) is 12.1. The summed E-state index contributed by atoms with van der Waals surface area (Å²) in [5, 5.41) is 24.2. The Morgan fingerprint density at radius 1 is 1.05 bits per heavy atom. The van der Waals surface area contributed by atoms with Gasteiger partial charge < -0.3 is 14.9 Å². The zero-order valence-electron chi connectivity index (χ0n) is 21.8. The third kappa shape index (κ3) is 6.88. The summed E-state index contributed by atoms with van der Waals surface area (Å²) in [5.41, 5.74) is -5.16. The van der Waals surface area contributed by atoms with Crippen molar-refractivity contribution in [1.82, 2.24) is 24.3 Å². The zero-order chi connectivity index (χ0) is 32.0. The molecule has 1 amide bonds. The number of carbonyl (C=O) groups excluding carboxylic acids is 1. The van der Waals surface area contributed by atoms with Crippen molar-refractivity contribution in [2.24, 2.45) is 0 Å². The number of alkyl halides is 6. The fourth-order valence-electron chi connectivity index (χ4n) is 3.58. The van der Waals surface area contributed by atoms with Crippen LogP contribution in [0.4, 0.5) is 36.3 Å². The van der Waals surface area contributed by atoms with Gasteiger partial charge in [-0.25, -0.2) is 27.7 Å². The Labute approximate surface area is 242 Å². The molecule has 0 fully saturated rings. The van der Waals surface area contributed by atoms with Crippen LogP contribution in [0.3, 0.4) is 0 Å². The Bertz CT molecular complexity index is 1770. The fraction of sp³-hybridized carbons (Fsp3) is 0.304. The Morgan fingerprint density at radius 2 is 1.67 bits per heavy atom. The maximum absolute atomic E-state index is 13.8. The van der Waals surface area contributed by atoms with Gasteiger partial charge in [-0.05, 0) is 32.0 Å². The molecule has 0 aliphatic rings. The normalized spacial score (nSPS) is 13.0. The van der Waals surface area contributed by atoms with E-state index in [-0.39, 0.29) is 20.6 Å². The lowest BCUT2D eigenvalue weighted by molar-refractivity contribution is -0.142. The van der Waals surface area contributed by atoms with E-state index in [2.05, 4.69) is 25.1 Å². The minimum atomic E-state index is -5.00.